The van der Waals surface area contributed by atoms with Gasteiger partial charge in [-0.1, -0.05) is 53.5 Å². The van der Waals surface area contributed by atoms with E-state index in [1.807, 2.05) is 30.3 Å². The highest BCUT2D eigenvalue weighted by atomic mass is 35.5. The first-order chi connectivity index (χ1) is 12.1. The number of morpholine rings is 1. The number of nitrogens with one attached hydrogen (secondary N) is 2. The van der Waals surface area contributed by atoms with E-state index in [0.717, 1.165) is 38.4 Å². The maximum atomic E-state index is 12.7. The summed E-state index contributed by atoms with van der Waals surface area (Å²) in [6.07, 6.45) is 0. The van der Waals surface area contributed by atoms with Crippen LogP contribution in [0.1, 0.15) is 22.0 Å². The van der Waals surface area contributed by atoms with Gasteiger partial charge in [0.25, 0.3) is 5.91 Å². The Labute approximate surface area is 157 Å². The van der Waals surface area contributed by atoms with Crippen LogP contribution < -0.4 is 10.2 Å². The predicted molar refractivity (Wildman–Crippen MR) is 99.5 cm³/mol. The highest BCUT2D eigenvalue weighted by Gasteiger charge is 2.23. The fourth-order valence-corrected chi connectivity index (χ4v) is 3.27. The van der Waals surface area contributed by atoms with Gasteiger partial charge >= 0.3 is 0 Å². The number of ether oxygens (including phenoxy) is 1. The quantitative estimate of drug-likeness (QED) is 0.837. The van der Waals surface area contributed by atoms with Crippen LogP contribution in [-0.4, -0.2) is 38.8 Å². The number of halogens is 2. The van der Waals surface area contributed by atoms with Crippen molar-refractivity contribution in [3.8, 4) is 0 Å². The summed E-state index contributed by atoms with van der Waals surface area (Å²) in [4.78, 5) is 14.1. The molecule has 25 heavy (non-hydrogen) atoms. The maximum Gasteiger partial charge on any atom is 0.252 e. The summed E-state index contributed by atoms with van der Waals surface area (Å²) in [7, 11) is 0. The van der Waals surface area contributed by atoms with E-state index in [2.05, 4.69) is 5.32 Å². The van der Waals surface area contributed by atoms with Crippen molar-refractivity contribution in [1.29, 1.82) is 0 Å². The van der Waals surface area contributed by atoms with E-state index in [0.29, 0.717) is 15.6 Å². The first kappa shape index (κ1) is 18.2. The van der Waals surface area contributed by atoms with E-state index in [1.54, 1.807) is 18.2 Å². The summed E-state index contributed by atoms with van der Waals surface area (Å²) in [5, 5.41) is 3.96. The molecule has 0 bridgehead atoms. The lowest BCUT2D eigenvalue weighted by Gasteiger charge is -2.28. The van der Waals surface area contributed by atoms with Crippen molar-refractivity contribution < 1.29 is 14.4 Å². The highest BCUT2D eigenvalue weighted by molar-refractivity contribution is 6.42. The Morgan fingerprint density at radius 3 is 2.48 bits per heavy atom. The molecule has 0 unspecified atom stereocenters. The largest absolute Gasteiger partial charge is 0.370 e. The Balaban J connectivity index is 1.76. The number of carbonyl (C=O) groups excluding carboxylic acids is 1. The third-order valence-electron chi connectivity index (χ3n) is 4.38. The molecule has 0 aromatic heterocycles. The molecule has 2 aromatic carbocycles. The topological polar surface area (TPSA) is 42.8 Å². The van der Waals surface area contributed by atoms with Gasteiger partial charge in [-0.05, 0) is 23.8 Å². The number of benzene rings is 2. The molecule has 1 amide bonds. The van der Waals surface area contributed by atoms with Gasteiger partial charge in [0.05, 0.1) is 23.3 Å². The number of amides is 1. The Morgan fingerprint density at radius 1 is 1.08 bits per heavy atom. The summed E-state index contributed by atoms with van der Waals surface area (Å²) in [6, 6.07) is 14.9. The molecule has 1 saturated heterocycles. The van der Waals surface area contributed by atoms with Gasteiger partial charge in [-0.2, -0.15) is 0 Å². The summed E-state index contributed by atoms with van der Waals surface area (Å²) in [5.74, 6) is -0.153. The minimum Gasteiger partial charge on any atom is -0.370 e. The molecule has 0 radical (unpaired) electrons. The summed E-state index contributed by atoms with van der Waals surface area (Å²) in [5.41, 5.74) is 1.60. The fourth-order valence-electron chi connectivity index (χ4n) is 2.97. The smallest absolute Gasteiger partial charge is 0.252 e. The average molecular weight is 380 g/mol. The summed E-state index contributed by atoms with van der Waals surface area (Å²) >= 11 is 12.0. The monoisotopic (exact) mass is 379 g/mol. The van der Waals surface area contributed by atoms with E-state index in [9.17, 15) is 4.79 Å². The molecule has 1 atom stereocenters. The van der Waals surface area contributed by atoms with E-state index >= 15 is 0 Å². The second kappa shape index (κ2) is 8.68. The van der Waals surface area contributed by atoms with Gasteiger partial charge in [0, 0.05) is 5.56 Å². The van der Waals surface area contributed by atoms with Crippen molar-refractivity contribution in [3.05, 3.63) is 69.7 Å². The standard InChI is InChI=1S/C19H20Cl2N2O2/c20-16-7-6-15(12-17(16)21)19(24)22-18(14-4-2-1-3-5-14)13-23-8-10-25-11-9-23/h1-7,12,18H,8-11,13H2,(H,22,24)/p+1/t18-/m0/s1. The SMILES string of the molecule is O=C(N[C@@H](C[NH+]1CCOCC1)c1ccccc1)c1ccc(Cl)c(Cl)c1. The van der Waals surface area contributed by atoms with Crippen molar-refractivity contribution >= 4 is 29.1 Å². The number of quaternary nitrogens is 1. The van der Waals surface area contributed by atoms with Crippen LogP contribution in [0.5, 0.6) is 0 Å². The van der Waals surface area contributed by atoms with Crippen molar-refractivity contribution in [1.82, 2.24) is 5.32 Å². The first-order valence-electron chi connectivity index (χ1n) is 8.35. The zero-order valence-corrected chi connectivity index (χ0v) is 15.3. The molecule has 3 rings (SSSR count). The number of carbonyl (C=O) groups is 1. The molecule has 1 aliphatic heterocycles. The average Bonchev–Trinajstić information content (AvgIpc) is 2.65. The van der Waals surface area contributed by atoms with Gasteiger partial charge in [-0.25, -0.2) is 0 Å². The van der Waals surface area contributed by atoms with Crippen molar-refractivity contribution in [2.75, 3.05) is 32.8 Å². The summed E-state index contributed by atoms with van der Waals surface area (Å²) < 4.78 is 5.43. The van der Waals surface area contributed by atoms with Gasteiger partial charge in [-0.15, -0.1) is 0 Å². The molecular weight excluding hydrogens is 359 g/mol. The maximum absolute atomic E-state index is 12.7. The molecule has 0 saturated carbocycles. The van der Waals surface area contributed by atoms with Crippen LogP contribution in [0.15, 0.2) is 48.5 Å². The van der Waals surface area contributed by atoms with Gasteiger partial charge < -0.3 is 15.0 Å². The lowest BCUT2D eigenvalue weighted by molar-refractivity contribution is -0.909. The molecule has 0 spiro atoms. The molecule has 6 heteroatoms. The molecule has 132 valence electrons. The van der Waals surface area contributed by atoms with Crippen LogP contribution in [0.3, 0.4) is 0 Å². The Kier molecular flexibility index (Phi) is 6.32. The van der Waals surface area contributed by atoms with Gasteiger partial charge in [0.2, 0.25) is 0 Å². The molecule has 1 aliphatic rings. The third-order valence-corrected chi connectivity index (χ3v) is 5.12. The lowest BCUT2D eigenvalue weighted by Crippen LogP contribution is -3.14. The van der Waals surface area contributed by atoms with Crippen LogP contribution in [0.4, 0.5) is 0 Å². The van der Waals surface area contributed by atoms with Gasteiger partial charge in [-0.3, -0.25) is 4.79 Å². The molecule has 1 heterocycles. The predicted octanol–water partition coefficient (Wildman–Crippen LogP) is 2.38. The highest BCUT2D eigenvalue weighted by Crippen LogP contribution is 2.23. The second-order valence-corrected chi connectivity index (χ2v) is 6.95. The van der Waals surface area contributed by atoms with Gasteiger partial charge in [0.1, 0.15) is 25.7 Å². The van der Waals surface area contributed by atoms with E-state index in [-0.39, 0.29) is 11.9 Å². The van der Waals surface area contributed by atoms with Crippen LogP contribution in [0, 0.1) is 0 Å². The molecular formula is C19H21Cl2N2O2+. The zero-order chi connectivity index (χ0) is 17.6. The number of hydrogen-bond acceptors (Lipinski definition) is 2. The summed E-state index contributed by atoms with van der Waals surface area (Å²) in [6.45, 7) is 4.24. The third kappa shape index (κ3) is 4.95. The molecule has 4 nitrogen and oxygen atoms in total. The van der Waals surface area contributed by atoms with Crippen LogP contribution in [0.25, 0.3) is 0 Å². The minimum atomic E-state index is -0.153. The minimum absolute atomic E-state index is 0.0729. The lowest BCUT2D eigenvalue weighted by atomic mass is 10.1. The molecule has 1 fully saturated rings. The number of hydrogen-bond donors (Lipinski definition) is 2. The Morgan fingerprint density at radius 2 is 1.80 bits per heavy atom. The molecule has 2 aromatic rings. The van der Waals surface area contributed by atoms with Gasteiger partial charge in [0.15, 0.2) is 0 Å². The molecule has 0 aliphatic carbocycles. The fraction of sp³-hybridized carbons (Fsp3) is 0.316. The zero-order valence-electron chi connectivity index (χ0n) is 13.8. The van der Waals surface area contributed by atoms with Crippen LogP contribution in [-0.2, 0) is 4.74 Å². The van der Waals surface area contributed by atoms with Crippen LogP contribution in [0.2, 0.25) is 10.0 Å². The van der Waals surface area contributed by atoms with E-state index in [1.165, 1.54) is 4.90 Å². The van der Waals surface area contributed by atoms with Crippen molar-refractivity contribution in [3.63, 3.8) is 0 Å². The van der Waals surface area contributed by atoms with E-state index < -0.39 is 0 Å². The second-order valence-electron chi connectivity index (χ2n) is 6.13. The number of rotatable bonds is 5. The van der Waals surface area contributed by atoms with Crippen LogP contribution >= 0.6 is 23.2 Å². The molecule has 2 N–H and O–H groups in total. The first-order valence-corrected chi connectivity index (χ1v) is 9.11. The van der Waals surface area contributed by atoms with Crippen molar-refractivity contribution in [2.45, 2.75) is 6.04 Å². The normalized spacial score (nSPS) is 16.4. The Bertz CT molecular complexity index is 719. The van der Waals surface area contributed by atoms with Crippen molar-refractivity contribution in [2.24, 2.45) is 0 Å². The Hall–Kier alpha value is -1.59. The van der Waals surface area contributed by atoms with E-state index in [4.69, 9.17) is 27.9 Å².